The Balaban J connectivity index is 2.70. The second-order valence-corrected chi connectivity index (χ2v) is 3.91. The van der Waals surface area contributed by atoms with Gasteiger partial charge in [-0.15, -0.1) is 0 Å². The van der Waals surface area contributed by atoms with E-state index < -0.39 is 12.5 Å². The Morgan fingerprint density at radius 1 is 1.64 bits per heavy atom. The molecule has 14 heavy (non-hydrogen) atoms. The first-order chi connectivity index (χ1) is 6.49. The van der Waals surface area contributed by atoms with Crippen molar-refractivity contribution in [2.24, 2.45) is 5.41 Å². The minimum atomic E-state index is -1.39. The van der Waals surface area contributed by atoms with E-state index in [4.69, 9.17) is 14.8 Å². The van der Waals surface area contributed by atoms with E-state index in [2.05, 4.69) is 0 Å². The van der Waals surface area contributed by atoms with E-state index in [0.717, 1.165) is 0 Å². The molecule has 0 radical (unpaired) electrons. The summed E-state index contributed by atoms with van der Waals surface area (Å²) in [6.45, 7) is 1.83. The predicted octanol–water partition coefficient (Wildman–Crippen LogP) is 0.288. The fraction of sp³-hybridized carbons (Fsp3) is 0.667. The van der Waals surface area contributed by atoms with Crippen LogP contribution in [0.25, 0.3) is 0 Å². The van der Waals surface area contributed by atoms with E-state index in [1.807, 2.05) is 6.92 Å². The molecule has 2 N–H and O–H groups in total. The molecule has 0 bridgehead atoms. The van der Waals surface area contributed by atoms with Gasteiger partial charge in [-0.25, -0.2) is 0 Å². The number of esters is 1. The minimum Gasteiger partial charge on any atom is -0.469 e. The smallest absolute Gasteiger partial charge is 0.469 e. The molecule has 0 aliphatic heterocycles. The van der Waals surface area contributed by atoms with Gasteiger partial charge in [0, 0.05) is 0 Å². The summed E-state index contributed by atoms with van der Waals surface area (Å²) < 4.78 is 4.70. The number of allylic oxidation sites excluding steroid dienone is 2. The molecule has 5 heteroatoms. The van der Waals surface area contributed by atoms with Crippen LogP contribution in [-0.4, -0.2) is 30.2 Å². The van der Waals surface area contributed by atoms with Crippen molar-refractivity contribution < 1.29 is 19.6 Å². The summed E-state index contributed by atoms with van der Waals surface area (Å²) in [5, 5.41) is 17.8. The van der Waals surface area contributed by atoms with Gasteiger partial charge in [0.2, 0.25) is 0 Å². The molecule has 0 amide bonds. The standard InChI is InChI=1S/C9H15BO4/c1-9(8(11)14-2)5-3-7(4-6-9)10(12)13/h3,12-13H,4-6H2,1-2H3. The van der Waals surface area contributed by atoms with E-state index in [1.54, 1.807) is 6.08 Å². The van der Waals surface area contributed by atoms with Crippen LogP contribution in [0, 0.1) is 5.41 Å². The van der Waals surface area contributed by atoms with E-state index in [0.29, 0.717) is 24.7 Å². The lowest BCUT2D eigenvalue weighted by atomic mass is 9.67. The van der Waals surface area contributed by atoms with Crippen LogP contribution >= 0.6 is 0 Å². The lowest BCUT2D eigenvalue weighted by Crippen LogP contribution is -2.32. The molecule has 0 aromatic carbocycles. The van der Waals surface area contributed by atoms with Crippen LogP contribution in [0.5, 0.6) is 0 Å². The average molecular weight is 198 g/mol. The van der Waals surface area contributed by atoms with Crippen molar-refractivity contribution in [3.8, 4) is 0 Å². The number of hydrogen-bond acceptors (Lipinski definition) is 4. The van der Waals surface area contributed by atoms with E-state index >= 15 is 0 Å². The Morgan fingerprint density at radius 2 is 2.29 bits per heavy atom. The van der Waals surface area contributed by atoms with Crippen molar-refractivity contribution in [3.05, 3.63) is 11.5 Å². The van der Waals surface area contributed by atoms with Gasteiger partial charge in [-0.2, -0.15) is 0 Å². The Kier molecular flexibility index (Phi) is 3.34. The lowest BCUT2D eigenvalue weighted by molar-refractivity contribution is -0.152. The van der Waals surface area contributed by atoms with Gasteiger partial charge in [-0.1, -0.05) is 6.08 Å². The van der Waals surface area contributed by atoms with Crippen molar-refractivity contribution in [1.29, 1.82) is 0 Å². The zero-order valence-corrected chi connectivity index (χ0v) is 8.49. The van der Waals surface area contributed by atoms with E-state index in [-0.39, 0.29) is 5.97 Å². The van der Waals surface area contributed by atoms with E-state index in [1.165, 1.54) is 7.11 Å². The first-order valence-electron chi connectivity index (χ1n) is 4.63. The highest BCUT2D eigenvalue weighted by molar-refractivity contribution is 6.50. The lowest BCUT2D eigenvalue weighted by Gasteiger charge is -2.29. The summed E-state index contributed by atoms with van der Waals surface area (Å²) in [4.78, 5) is 11.4. The minimum absolute atomic E-state index is 0.236. The molecule has 0 saturated heterocycles. The Bertz CT molecular complexity index is 262. The highest BCUT2D eigenvalue weighted by atomic mass is 16.5. The van der Waals surface area contributed by atoms with Crippen molar-refractivity contribution in [2.75, 3.05) is 7.11 Å². The monoisotopic (exact) mass is 198 g/mol. The van der Waals surface area contributed by atoms with Gasteiger partial charge in [-0.05, 0) is 31.7 Å². The average Bonchev–Trinajstić information content (AvgIpc) is 2.17. The zero-order chi connectivity index (χ0) is 10.8. The number of rotatable bonds is 2. The molecule has 4 nitrogen and oxygen atoms in total. The largest absolute Gasteiger partial charge is 0.483 e. The molecule has 1 aliphatic rings. The molecule has 0 saturated carbocycles. The summed E-state index contributed by atoms with van der Waals surface area (Å²) in [6, 6.07) is 0. The van der Waals surface area contributed by atoms with Crippen LogP contribution in [0.2, 0.25) is 0 Å². The fourth-order valence-corrected chi connectivity index (χ4v) is 1.65. The maximum Gasteiger partial charge on any atom is 0.483 e. The van der Waals surface area contributed by atoms with Crippen LogP contribution in [0.4, 0.5) is 0 Å². The maximum absolute atomic E-state index is 11.4. The zero-order valence-electron chi connectivity index (χ0n) is 8.49. The van der Waals surface area contributed by atoms with Crippen LogP contribution in [0.15, 0.2) is 11.5 Å². The van der Waals surface area contributed by atoms with Gasteiger partial charge in [0.05, 0.1) is 12.5 Å². The van der Waals surface area contributed by atoms with Gasteiger partial charge in [0.15, 0.2) is 0 Å². The van der Waals surface area contributed by atoms with Gasteiger partial charge in [-0.3, -0.25) is 4.79 Å². The Hall–Kier alpha value is -0.805. The normalized spacial score (nSPS) is 26.7. The first-order valence-corrected chi connectivity index (χ1v) is 4.63. The van der Waals surface area contributed by atoms with Crippen LogP contribution in [0.1, 0.15) is 26.2 Å². The van der Waals surface area contributed by atoms with Crippen molar-refractivity contribution in [1.82, 2.24) is 0 Å². The summed E-state index contributed by atoms with van der Waals surface area (Å²) in [5.74, 6) is -0.236. The molecule has 78 valence electrons. The van der Waals surface area contributed by atoms with Crippen molar-refractivity contribution >= 4 is 13.1 Å². The van der Waals surface area contributed by atoms with Crippen LogP contribution < -0.4 is 0 Å². The van der Waals surface area contributed by atoms with Gasteiger partial charge in [0.25, 0.3) is 0 Å². The molecule has 0 fully saturated rings. The second kappa shape index (κ2) is 4.15. The summed E-state index contributed by atoms with van der Waals surface area (Å²) >= 11 is 0. The Labute approximate surface area is 83.7 Å². The Morgan fingerprint density at radius 3 is 2.64 bits per heavy atom. The summed E-state index contributed by atoms with van der Waals surface area (Å²) in [7, 11) is -0.0227. The quantitative estimate of drug-likeness (QED) is 0.494. The summed E-state index contributed by atoms with van der Waals surface area (Å²) in [5.41, 5.74) is 0.0824. The molecule has 0 heterocycles. The van der Waals surface area contributed by atoms with Crippen LogP contribution in [-0.2, 0) is 9.53 Å². The van der Waals surface area contributed by atoms with Crippen LogP contribution in [0.3, 0.4) is 0 Å². The first kappa shape index (κ1) is 11.3. The number of ether oxygens (including phenoxy) is 1. The summed E-state index contributed by atoms with van der Waals surface area (Å²) in [6.07, 6.45) is 3.35. The van der Waals surface area contributed by atoms with Crippen molar-refractivity contribution in [3.63, 3.8) is 0 Å². The molecule has 0 spiro atoms. The molecular formula is C9H15BO4. The molecule has 0 aromatic rings. The number of hydrogen-bond donors (Lipinski definition) is 2. The third-order valence-corrected chi connectivity index (χ3v) is 2.79. The number of carbonyl (C=O) groups is 1. The molecule has 1 aliphatic carbocycles. The maximum atomic E-state index is 11.4. The molecular weight excluding hydrogens is 183 g/mol. The van der Waals surface area contributed by atoms with E-state index in [9.17, 15) is 4.79 Å². The third kappa shape index (κ3) is 2.16. The molecule has 1 rings (SSSR count). The number of carbonyl (C=O) groups excluding carboxylic acids is 1. The third-order valence-electron chi connectivity index (χ3n) is 2.79. The van der Waals surface area contributed by atoms with Gasteiger partial charge >= 0.3 is 13.1 Å². The molecule has 1 atom stereocenters. The molecule has 1 unspecified atom stereocenters. The molecule has 0 aromatic heterocycles. The number of methoxy groups -OCH3 is 1. The predicted molar refractivity (Wildman–Crippen MR) is 52.2 cm³/mol. The fourth-order valence-electron chi connectivity index (χ4n) is 1.65. The highest BCUT2D eigenvalue weighted by Crippen LogP contribution is 2.36. The van der Waals surface area contributed by atoms with Crippen molar-refractivity contribution in [2.45, 2.75) is 26.2 Å². The highest BCUT2D eigenvalue weighted by Gasteiger charge is 2.37. The van der Waals surface area contributed by atoms with Gasteiger partial charge < -0.3 is 14.8 Å². The topological polar surface area (TPSA) is 66.8 Å². The second-order valence-electron chi connectivity index (χ2n) is 3.91. The van der Waals surface area contributed by atoms with Gasteiger partial charge in [0.1, 0.15) is 0 Å². The SMILES string of the molecule is COC(=O)C1(C)CC=C(B(O)O)CC1.